The van der Waals surface area contributed by atoms with Crippen LogP contribution in [0.3, 0.4) is 0 Å². The summed E-state index contributed by atoms with van der Waals surface area (Å²) in [6.07, 6.45) is 13.3. The Kier molecular flexibility index (Phi) is 9.11. The highest BCUT2D eigenvalue weighted by Crippen LogP contribution is 2.03. The molecule has 0 saturated heterocycles. The van der Waals surface area contributed by atoms with Crippen molar-refractivity contribution in [1.82, 2.24) is 15.5 Å². The fourth-order valence-corrected chi connectivity index (χ4v) is 2.79. The lowest BCUT2D eigenvalue weighted by molar-refractivity contribution is -0.117. The van der Waals surface area contributed by atoms with E-state index in [0.717, 1.165) is 38.9 Å². The monoisotopic (exact) mass is 368 g/mol. The van der Waals surface area contributed by atoms with Gasteiger partial charge in [-0.1, -0.05) is 12.2 Å². The summed E-state index contributed by atoms with van der Waals surface area (Å²) in [6, 6.07) is 0. The third-order valence-electron chi connectivity index (χ3n) is 4.24. The van der Waals surface area contributed by atoms with Crippen LogP contribution in [0.1, 0.15) is 19.3 Å². The molecule has 144 valence electrons. The molecule has 2 amide bonds. The molecule has 0 saturated carbocycles. The first-order chi connectivity index (χ1) is 13.2. The van der Waals surface area contributed by atoms with Crippen LogP contribution in [-0.4, -0.2) is 56.0 Å². The Balaban J connectivity index is 1.61. The molecule has 0 fully saturated rings. The van der Waals surface area contributed by atoms with Gasteiger partial charge in [-0.15, -0.1) is 11.5 Å². The van der Waals surface area contributed by atoms with Crippen molar-refractivity contribution in [2.75, 3.05) is 39.3 Å². The van der Waals surface area contributed by atoms with Crippen LogP contribution in [0, 0.1) is 0 Å². The first-order valence-corrected chi connectivity index (χ1v) is 9.46. The number of nitrogens with two attached hydrogens (primary N) is 1. The topological polar surface area (TPSA) is 87.5 Å². The lowest BCUT2D eigenvalue weighted by Crippen LogP contribution is -2.34. The molecule has 0 atom stereocenters. The predicted molar refractivity (Wildman–Crippen MR) is 107 cm³/mol. The van der Waals surface area contributed by atoms with Gasteiger partial charge in [-0.3, -0.25) is 9.59 Å². The molecule has 0 spiro atoms. The van der Waals surface area contributed by atoms with Crippen LogP contribution >= 0.6 is 0 Å². The maximum absolute atomic E-state index is 11.9. The molecule has 4 N–H and O–H groups in total. The quantitative estimate of drug-likeness (QED) is 0.334. The van der Waals surface area contributed by atoms with Crippen molar-refractivity contribution in [1.29, 1.82) is 0 Å². The molecule has 0 aliphatic heterocycles. The normalized spacial score (nSPS) is 14.0. The van der Waals surface area contributed by atoms with Gasteiger partial charge in [-0.05, 0) is 69.7 Å². The van der Waals surface area contributed by atoms with Gasteiger partial charge in [-0.25, -0.2) is 0 Å². The van der Waals surface area contributed by atoms with E-state index < -0.39 is 0 Å². The fourth-order valence-electron chi connectivity index (χ4n) is 2.79. The fraction of sp³-hybridized carbons (Fsp3) is 0.429. The number of nitrogens with zero attached hydrogens (tertiary/aromatic N) is 1. The predicted octanol–water partition coefficient (Wildman–Crippen LogP) is 0.952. The summed E-state index contributed by atoms with van der Waals surface area (Å²) in [5.41, 5.74) is 12.6. The Morgan fingerprint density at radius 3 is 1.74 bits per heavy atom. The van der Waals surface area contributed by atoms with E-state index in [-0.39, 0.29) is 11.8 Å². The van der Waals surface area contributed by atoms with Gasteiger partial charge in [0.15, 0.2) is 0 Å². The van der Waals surface area contributed by atoms with E-state index in [9.17, 15) is 9.59 Å². The number of rotatable bonds is 13. The standard InChI is InChI=1S/C21H28N4O2/c22-12-5-15-25(16-6-13-23-20(26)18-8-1-2-9-18)17-7-14-24-21(27)19-10-3-4-11-19/h1-4,8,10H,5-7,12-17,22H2,(H,23,26)(H,24,27). The number of amides is 2. The van der Waals surface area contributed by atoms with Crippen LogP contribution in [0.5, 0.6) is 0 Å². The highest BCUT2D eigenvalue weighted by atomic mass is 16.2. The molecule has 0 aromatic carbocycles. The minimum absolute atomic E-state index is 0.0828. The number of hydrogen-bond donors (Lipinski definition) is 3. The lowest BCUT2D eigenvalue weighted by atomic mass is 10.2. The molecular weight excluding hydrogens is 340 g/mol. The molecule has 0 bridgehead atoms. The van der Waals surface area contributed by atoms with E-state index in [1.54, 1.807) is 36.5 Å². The van der Waals surface area contributed by atoms with Gasteiger partial charge in [0.25, 0.3) is 11.8 Å². The summed E-state index contributed by atoms with van der Waals surface area (Å²) in [6.45, 7) is 4.60. The van der Waals surface area contributed by atoms with E-state index in [4.69, 9.17) is 5.73 Å². The van der Waals surface area contributed by atoms with Gasteiger partial charge < -0.3 is 21.3 Å². The smallest absolute Gasteiger partial charge is 0.259 e. The second-order valence-electron chi connectivity index (χ2n) is 6.37. The van der Waals surface area contributed by atoms with Gasteiger partial charge in [0, 0.05) is 13.1 Å². The number of allylic oxidation sites excluding steroid dienone is 2. The molecule has 6 heteroatoms. The average Bonchev–Trinajstić information content (AvgIpc) is 3.39. The largest absolute Gasteiger partial charge is 0.351 e. The zero-order chi connectivity index (χ0) is 19.3. The lowest BCUT2D eigenvalue weighted by Gasteiger charge is -2.22. The maximum Gasteiger partial charge on any atom is 0.259 e. The summed E-state index contributed by atoms with van der Waals surface area (Å²) in [4.78, 5) is 26.1. The van der Waals surface area contributed by atoms with Crippen LogP contribution in [0.25, 0.3) is 0 Å². The molecule has 0 heterocycles. The van der Waals surface area contributed by atoms with Gasteiger partial charge in [0.2, 0.25) is 0 Å². The van der Waals surface area contributed by atoms with Crippen LogP contribution in [-0.2, 0) is 9.59 Å². The van der Waals surface area contributed by atoms with Crippen molar-refractivity contribution in [3.8, 4) is 0 Å². The van der Waals surface area contributed by atoms with Crippen molar-refractivity contribution in [2.45, 2.75) is 19.3 Å². The van der Waals surface area contributed by atoms with Gasteiger partial charge >= 0.3 is 0 Å². The second kappa shape index (κ2) is 11.9. The van der Waals surface area contributed by atoms with E-state index >= 15 is 0 Å². The summed E-state index contributed by atoms with van der Waals surface area (Å²) >= 11 is 0. The van der Waals surface area contributed by atoms with Gasteiger partial charge in [0.05, 0.1) is 11.1 Å². The molecule has 27 heavy (non-hydrogen) atoms. The van der Waals surface area contributed by atoms with E-state index in [1.807, 2.05) is 0 Å². The maximum atomic E-state index is 11.9. The van der Waals surface area contributed by atoms with E-state index in [0.29, 0.717) is 30.8 Å². The highest BCUT2D eigenvalue weighted by Gasteiger charge is 2.09. The number of hydrogen-bond acceptors (Lipinski definition) is 4. The highest BCUT2D eigenvalue weighted by molar-refractivity contribution is 5.97. The molecule has 2 aliphatic rings. The van der Waals surface area contributed by atoms with E-state index in [1.165, 1.54) is 0 Å². The number of nitrogens with one attached hydrogen (secondary N) is 2. The van der Waals surface area contributed by atoms with Crippen molar-refractivity contribution in [2.24, 2.45) is 5.73 Å². The first kappa shape index (κ1) is 20.7. The van der Waals surface area contributed by atoms with Crippen LogP contribution < -0.4 is 16.4 Å². The van der Waals surface area contributed by atoms with Crippen molar-refractivity contribution in [3.63, 3.8) is 0 Å². The Morgan fingerprint density at radius 2 is 1.33 bits per heavy atom. The van der Waals surface area contributed by atoms with E-state index in [2.05, 4.69) is 27.0 Å². The Morgan fingerprint density at radius 1 is 0.852 bits per heavy atom. The van der Waals surface area contributed by atoms with Gasteiger partial charge in [0.1, 0.15) is 0 Å². The molecule has 0 unspecified atom stereocenters. The zero-order valence-corrected chi connectivity index (χ0v) is 15.7. The summed E-state index contributed by atoms with van der Waals surface area (Å²) in [5.74, 6) is -0.166. The first-order valence-electron chi connectivity index (χ1n) is 9.46. The molecule has 0 aromatic heterocycles. The summed E-state index contributed by atoms with van der Waals surface area (Å²) in [5, 5.41) is 5.82. The molecule has 6 nitrogen and oxygen atoms in total. The third kappa shape index (κ3) is 7.65. The summed E-state index contributed by atoms with van der Waals surface area (Å²) < 4.78 is 0. The van der Waals surface area contributed by atoms with Crippen molar-refractivity contribution >= 4 is 11.8 Å². The minimum atomic E-state index is -0.0828. The number of carbonyl (C=O) groups is 2. The molecule has 0 radical (unpaired) electrons. The average molecular weight is 368 g/mol. The second-order valence-corrected chi connectivity index (χ2v) is 6.37. The minimum Gasteiger partial charge on any atom is -0.351 e. The van der Waals surface area contributed by atoms with Crippen molar-refractivity contribution < 1.29 is 9.59 Å². The summed E-state index contributed by atoms with van der Waals surface area (Å²) in [7, 11) is 0. The SMILES string of the molecule is NCCCN(CCCNC(=O)C1=C=CC=C1)CCCNC(=O)C1=C=CC=C1. The molecule has 2 rings (SSSR count). The molecule has 0 aromatic rings. The Labute approximate surface area is 160 Å². The molecular formula is C21H28N4O2. The van der Waals surface area contributed by atoms with Crippen molar-refractivity contribution in [3.05, 3.63) is 59.1 Å². The Bertz CT molecular complexity index is 662. The zero-order valence-electron chi connectivity index (χ0n) is 15.7. The van der Waals surface area contributed by atoms with Crippen LogP contribution in [0.4, 0.5) is 0 Å². The number of carbonyl (C=O) groups excluding carboxylic acids is 2. The molecule has 2 aliphatic carbocycles. The third-order valence-corrected chi connectivity index (χ3v) is 4.24. The van der Waals surface area contributed by atoms with Crippen LogP contribution in [0.2, 0.25) is 0 Å². The van der Waals surface area contributed by atoms with Gasteiger partial charge in [-0.2, -0.15) is 0 Å². The Hall–Kier alpha value is -2.62. The van der Waals surface area contributed by atoms with Crippen LogP contribution in [0.15, 0.2) is 59.1 Å².